The van der Waals surface area contributed by atoms with Crippen molar-refractivity contribution < 1.29 is 74.4 Å². The minimum Gasteiger partial charge on any atom is -0.480 e. The van der Waals surface area contributed by atoms with Crippen molar-refractivity contribution in [1.29, 1.82) is 0 Å². The number of aliphatic hydroxyl groups is 3. The van der Waals surface area contributed by atoms with E-state index in [0.29, 0.717) is 36.9 Å². The van der Waals surface area contributed by atoms with Crippen molar-refractivity contribution in [3.8, 4) is 0 Å². The van der Waals surface area contributed by atoms with Crippen LogP contribution >= 0.6 is 0 Å². The molecule has 4 saturated carbocycles. The third-order valence-electron chi connectivity index (χ3n) is 15.7. The monoisotopic (exact) mass is 918 g/mol. The van der Waals surface area contributed by atoms with Gasteiger partial charge in [0, 0.05) is 38.3 Å². The molecule has 0 spiro atoms. The quantitative estimate of drug-likeness (QED) is 0.0679. The molecule has 0 aromatic heterocycles. The minimum atomic E-state index is -1.44. The maximum absolute atomic E-state index is 13.2. The smallest absolute Gasteiger partial charge is 0.323 e. The second-order valence-electron chi connectivity index (χ2n) is 19.7. The maximum atomic E-state index is 13.2. The molecule has 19 heteroatoms. The summed E-state index contributed by atoms with van der Waals surface area (Å²) in [4.78, 5) is 74.7. The zero-order valence-electron chi connectivity index (χ0n) is 37.8. The molecule has 4 unspecified atom stereocenters. The van der Waals surface area contributed by atoms with E-state index in [1.54, 1.807) is 24.3 Å². The number of ether oxygens (including phenoxy) is 1. The Morgan fingerprint density at radius 3 is 1.97 bits per heavy atom. The van der Waals surface area contributed by atoms with Crippen LogP contribution in [0.3, 0.4) is 0 Å². The van der Waals surface area contributed by atoms with Crippen LogP contribution in [-0.2, 0) is 40.1 Å². The maximum Gasteiger partial charge on any atom is 0.323 e. The summed E-state index contributed by atoms with van der Waals surface area (Å²) in [6, 6.07) is 5.37. The van der Waals surface area contributed by atoms with Gasteiger partial charge >= 0.3 is 29.8 Å². The van der Waals surface area contributed by atoms with Crippen molar-refractivity contribution in [3.63, 3.8) is 0 Å². The fourth-order valence-electron chi connectivity index (χ4n) is 12.4. The highest BCUT2D eigenvalue weighted by atomic mass is 16.5. The molecule has 0 heterocycles. The zero-order chi connectivity index (χ0) is 47.8. The van der Waals surface area contributed by atoms with E-state index in [4.69, 9.17) is 14.9 Å². The number of fused-ring (bicyclic) bond motifs is 5. The zero-order valence-corrected chi connectivity index (χ0v) is 37.8. The third-order valence-corrected chi connectivity index (χ3v) is 15.7. The lowest BCUT2D eigenvalue weighted by Crippen LogP contribution is -2.62. The molecule has 19 nitrogen and oxygen atoms in total. The van der Waals surface area contributed by atoms with Gasteiger partial charge in [-0.2, -0.15) is 0 Å². The molecule has 1 aromatic rings. The number of carbonyl (C=O) groups is 6. The van der Waals surface area contributed by atoms with Gasteiger partial charge in [0.25, 0.3) is 0 Å². The first-order chi connectivity index (χ1) is 30.6. The van der Waals surface area contributed by atoms with Crippen LogP contribution in [-0.4, -0.2) is 175 Å². The number of nitrogens with zero attached hydrogens (tertiary/aromatic N) is 3. The molecule has 364 valence electrons. The van der Waals surface area contributed by atoms with E-state index in [9.17, 15) is 59.4 Å². The van der Waals surface area contributed by atoms with Gasteiger partial charge in [0.05, 0.1) is 57.7 Å². The summed E-state index contributed by atoms with van der Waals surface area (Å²) < 4.78 is 5.72. The molecule has 0 radical (unpaired) electrons. The van der Waals surface area contributed by atoms with E-state index in [-0.39, 0.29) is 97.6 Å². The number of rotatable bonds is 25. The van der Waals surface area contributed by atoms with Crippen LogP contribution in [0.5, 0.6) is 0 Å². The van der Waals surface area contributed by atoms with E-state index >= 15 is 0 Å². The first kappa shape index (κ1) is 51.7. The summed E-state index contributed by atoms with van der Waals surface area (Å²) in [5.74, 6) is -5.55. The van der Waals surface area contributed by atoms with E-state index in [2.05, 4.69) is 26.1 Å². The number of carboxylic acids is 5. The molecule has 4 aliphatic rings. The highest BCUT2D eigenvalue weighted by Crippen LogP contribution is 2.68. The van der Waals surface area contributed by atoms with Gasteiger partial charge in [-0.15, -0.1) is 0 Å². The van der Waals surface area contributed by atoms with Crippen LogP contribution in [0.15, 0.2) is 24.3 Å². The van der Waals surface area contributed by atoms with E-state index < -0.39 is 80.9 Å². The molecular weight excluding hydrogens is 849 g/mol. The van der Waals surface area contributed by atoms with Crippen LogP contribution < -0.4 is 5.32 Å². The second-order valence-corrected chi connectivity index (χ2v) is 19.7. The van der Waals surface area contributed by atoms with Gasteiger partial charge in [-0.1, -0.05) is 32.9 Å². The number of aliphatic hydroxyl groups excluding tert-OH is 3. The molecule has 5 rings (SSSR count). The van der Waals surface area contributed by atoms with Gasteiger partial charge in [-0.3, -0.25) is 43.5 Å². The topological polar surface area (TPSA) is 295 Å². The summed E-state index contributed by atoms with van der Waals surface area (Å²) in [6.07, 6.45) is 5.25. The van der Waals surface area contributed by atoms with Gasteiger partial charge < -0.3 is 50.9 Å². The van der Waals surface area contributed by atoms with Crippen molar-refractivity contribution >= 4 is 41.4 Å². The Bertz CT molecular complexity index is 1820. The Morgan fingerprint density at radius 1 is 0.754 bits per heavy atom. The molecular formula is C46H70N4O15. The van der Waals surface area contributed by atoms with Crippen molar-refractivity contribution in [2.24, 2.45) is 46.3 Å². The lowest BCUT2D eigenvalue weighted by Gasteiger charge is -2.63. The summed E-state index contributed by atoms with van der Waals surface area (Å²) >= 11 is 0. The van der Waals surface area contributed by atoms with Crippen LogP contribution in [0.4, 0.5) is 5.69 Å². The Kier molecular flexibility index (Phi) is 17.9. The Hall–Kier alpha value is -4.24. The summed E-state index contributed by atoms with van der Waals surface area (Å²) in [7, 11) is 0. The molecule has 1 aromatic carbocycles. The van der Waals surface area contributed by atoms with Gasteiger partial charge in [0.2, 0.25) is 5.91 Å². The number of amides is 1. The van der Waals surface area contributed by atoms with Gasteiger partial charge in [0.15, 0.2) is 0 Å². The molecule has 12 atom stereocenters. The Labute approximate surface area is 379 Å². The molecule has 4 fully saturated rings. The van der Waals surface area contributed by atoms with Gasteiger partial charge in [-0.25, -0.2) is 0 Å². The minimum absolute atomic E-state index is 0.00223. The van der Waals surface area contributed by atoms with Crippen molar-refractivity contribution in [1.82, 2.24) is 14.7 Å². The second kappa shape index (κ2) is 22.5. The van der Waals surface area contributed by atoms with Crippen molar-refractivity contribution in [2.45, 2.75) is 110 Å². The molecule has 9 N–H and O–H groups in total. The Morgan fingerprint density at radius 2 is 1.35 bits per heavy atom. The number of aliphatic carboxylic acids is 5. The normalized spacial score (nSPS) is 30.5. The fourth-order valence-corrected chi connectivity index (χ4v) is 12.4. The first-order valence-corrected chi connectivity index (χ1v) is 22.9. The molecule has 0 aliphatic heterocycles. The highest BCUT2D eigenvalue weighted by Gasteiger charge is 2.65. The summed E-state index contributed by atoms with van der Waals surface area (Å²) in [6.45, 7) is 3.17. The number of hydrogen-bond donors (Lipinski definition) is 9. The van der Waals surface area contributed by atoms with Gasteiger partial charge in [0.1, 0.15) is 6.04 Å². The first-order valence-electron chi connectivity index (χ1n) is 22.9. The number of anilines is 1. The Balaban J connectivity index is 1.10. The third kappa shape index (κ3) is 13.0. The highest BCUT2D eigenvalue weighted by molar-refractivity contribution is 5.90. The number of hydrogen-bond acceptors (Lipinski definition) is 13. The largest absolute Gasteiger partial charge is 0.480 e. The lowest BCUT2D eigenvalue weighted by atomic mass is 9.43. The van der Waals surface area contributed by atoms with Crippen molar-refractivity contribution in [3.05, 3.63) is 29.8 Å². The number of benzene rings is 1. The van der Waals surface area contributed by atoms with E-state index in [0.717, 1.165) is 35.5 Å². The molecule has 65 heavy (non-hydrogen) atoms. The average molecular weight is 919 g/mol. The van der Waals surface area contributed by atoms with E-state index in [1.807, 2.05) is 0 Å². The summed E-state index contributed by atoms with van der Waals surface area (Å²) in [5, 5.41) is 84.1. The number of carboxylic acid groups (broad SMARTS) is 5. The SMILES string of the molecule is C[C@H](CCC(=O)Nc1ccc(COCC(C(=O)O)N(CCN(CCN(CC(=O)O)CC(=O)O)CC(=O)O)CC(=O)O)cc1)[C@H]1CCC2C3C(C[C@H](O)[C@@]21C)[C@@]1(C)CC[C@@H](O)C[C@H]1C[C@H]3O. The predicted octanol–water partition coefficient (Wildman–Crippen LogP) is 2.22. The lowest BCUT2D eigenvalue weighted by molar-refractivity contribution is -0.207. The number of nitrogens with one attached hydrogen (secondary N) is 1. The van der Waals surface area contributed by atoms with Crippen LogP contribution in [0.25, 0.3) is 0 Å². The van der Waals surface area contributed by atoms with Crippen LogP contribution in [0.2, 0.25) is 0 Å². The van der Waals surface area contributed by atoms with Crippen LogP contribution in [0, 0.1) is 46.3 Å². The molecule has 0 saturated heterocycles. The fraction of sp³-hybridized carbons (Fsp3) is 0.739. The number of carbonyl (C=O) groups excluding carboxylic acids is 1. The summed E-state index contributed by atoms with van der Waals surface area (Å²) in [5.41, 5.74) is 0.835. The molecule has 1 amide bonds. The predicted molar refractivity (Wildman–Crippen MR) is 234 cm³/mol. The van der Waals surface area contributed by atoms with Crippen molar-refractivity contribution in [2.75, 3.05) is 64.3 Å². The van der Waals surface area contributed by atoms with Crippen LogP contribution in [0.1, 0.15) is 84.1 Å². The molecule has 0 bridgehead atoms. The molecule has 4 aliphatic carbocycles. The van der Waals surface area contributed by atoms with Gasteiger partial charge in [-0.05, 0) is 115 Å². The van der Waals surface area contributed by atoms with E-state index in [1.165, 1.54) is 4.90 Å². The standard InChI is InChI=1S/C46H70N4O15/c1-27(32-9-10-33-43-34(20-37(53)46(32,33)3)45(2)13-12-31(51)18-29(45)19-36(43)52)4-11-38(54)47-30-7-5-28(6-8-30)25-65-26-35(44(63)64)50(24-42(61)62)17-16-48(21-39(55)56)14-15-49(22-40(57)58)23-41(59)60/h5-8,27,29,31-37,43,51-53H,4,9-26H2,1-3H3,(H,47,54)(H,55,56)(H,57,58)(H,59,60)(H,61,62)(H,63,64)/t27-,29+,31-,32-,33?,34?,35?,36-,37+,43?,45+,46-/m1/s1. The average Bonchev–Trinajstić information content (AvgIpc) is 3.58.